The van der Waals surface area contributed by atoms with Crippen LogP contribution in [0.15, 0.2) is 30.5 Å². The van der Waals surface area contributed by atoms with Crippen LogP contribution in [-0.2, 0) is 30.6 Å². The van der Waals surface area contributed by atoms with E-state index in [9.17, 15) is 29.8 Å². The number of ether oxygens (including phenoxy) is 2. The van der Waals surface area contributed by atoms with Gasteiger partial charge in [0.15, 0.2) is 5.75 Å². The number of nitrogens with one attached hydrogen (secondary N) is 1. The molecular weight excluding hydrogens is 528 g/mol. The lowest BCUT2D eigenvalue weighted by Crippen LogP contribution is -2.34. The number of nitrogens with zero attached hydrogens (tertiary/aromatic N) is 3. The molecule has 14 nitrogen and oxygen atoms in total. The van der Waals surface area contributed by atoms with Gasteiger partial charge in [-0.2, -0.15) is 0 Å². The van der Waals surface area contributed by atoms with Gasteiger partial charge in [-0.15, -0.1) is 20.2 Å². The molecule has 1 N–H and O–H groups in total. The number of hydrogen-bond acceptors (Lipinski definition) is 11. The highest BCUT2D eigenvalue weighted by molar-refractivity contribution is 6.30. The summed E-state index contributed by atoms with van der Waals surface area (Å²) in [6, 6.07) is 6.52. The van der Waals surface area contributed by atoms with Crippen LogP contribution in [0, 0.1) is 27.2 Å². The van der Waals surface area contributed by atoms with Crippen molar-refractivity contribution in [3.63, 3.8) is 0 Å². The highest BCUT2D eigenvalue weighted by Gasteiger charge is 2.40. The van der Waals surface area contributed by atoms with E-state index in [1.807, 2.05) is 12.1 Å². The first kappa shape index (κ1) is 27.0. The summed E-state index contributed by atoms with van der Waals surface area (Å²) in [6.45, 7) is 1.90. The van der Waals surface area contributed by atoms with E-state index in [0.29, 0.717) is 16.3 Å². The Morgan fingerprint density at radius 3 is 2.34 bits per heavy atom. The number of carbonyl (C=O) groups excluding carboxylic acids is 2. The summed E-state index contributed by atoms with van der Waals surface area (Å²) >= 11 is 5.97. The van der Waals surface area contributed by atoms with E-state index >= 15 is 0 Å². The van der Waals surface area contributed by atoms with Gasteiger partial charge in [0.05, 0.1) is 18.7 Å². The molecule has 1 amide bonds. The standard InChI is InChI=1S/C23H23ClN4O10/c1-12-22(17-11-35-23(16(17)10-25-12)13-2-4-14(24)5-3-13)36-21(30)7-6-20(29)26-15-8-18(37-27(31)32)19(9-15)38-28(33)34/h2-5,10,15,18-19,23H,6-9,11H2,1H3,(H,26,29)/t15-,18+,19-,23-/m0/s1. The van der Waals surface area contributed by atoms with Crippen molar-refractivity contribution in [1.82, 2.24) is 10.3 Å². The van der Waals surface area contributed by atoms with Crippen molar-refractivity contribution in [2.75, 3.05) is 0 Å². The SMILES string of the molecule is Cc1ncc2c(c1OC(=O)CCC(=O)N[C@@H]1C[C@H](O[N+](=O)[O-])[C@H](O[N+](=O)[O-])C1)CO[C@H]2c1ccc(Cl)cc1. The molecule has 0 bridgehead atoms. The Morgan fingerprint density at radius 2 is 1.74 bits per heavy atom. The number of esters is 1. The first-order valence-electron chi connectivity index (χ1n) is 11.6. The first-order chi connectivity index (χ1) is 18.1. The molecule has 2 aromatic rings. The maximum Gasteiger partial charge on any atom is 0.311 e. The largest absolute Gasteiger partial charge is 0.424 e. The van der Waals surface area contributed by atoms with Crippen molar-refractivity contribution in [2.24, 2.45) is 0 Å². The molecule has 1 saturated carbocycles. The third kappa shape index (κ3) is 6.44. The first-order valence-corrected chi connectivity index (χ1v) is 12.0. The molecule has 15 heteroatoms. The van der Waals surface area contributed by atoms with Crippen LogP contribution < -0.4 is 10.1 Å². The van der Waals surface area contributed by atoms with Crippen LogP contribution in [0.3, 0.4) is 0 Å². The van der Waals surface area contributed by atoms with Crippen LogP contribution in [0.4, 0.5) is 0 Å². The topological polar surface area (TPSA) is 182 Å². The van der Waals surface area contributed by atoms with Crippen LogP contribution in [-0.4, -0.2) is 45.3 Å². The zero-order valence-corrected chi connectivity index (χ0v) is 20.8. The van der Waals surface area contributed by atoms with E-state index < -0.39 is 46.4 Å². The maximum absolute atomic E-state index is 12.6. The average Bonchev–Trinajstić information content (AvgIpc) is 3.43. The number of pyridine rings is 1. The second-order valence-corrected chi connectivity index (χ2v) is 9.23. The summed E-state index contributed by atoms with van der Waals surface area (Å²) in [6.07, 6.45) is -1.75. The lowest BCUT2D eigenvalue weighted by atomic mass is 10.0. The van der Waals surface area contributed by atoms with Gasteiger partial charge in [0.1, 0.15) is 18.3 Å². The molecule has 0 spiro atoms. The zero-order valence-electron chi connectivity index (χ0n) is 20.0. The predicted octanol–water partition coefficient (Wildman–Crippen LogP) is 2.78. The molecule has 0 saturated heterocycles. The number of hydrogen-bond donors (Lipinski definition) is 1. The molecule has 1 aliphatic carbocycles. The summed E-state index contributed by atoms with van der Waals surface area (Å²) in [7, 11) is 0. The molecule has 2 aliphatic rings. The fourth-order valence-electron chi connectivity index (χ4n) is 4.53. The second kappa shape index (κ2) is 11.6. The van der Waals surface area contributed by atoms with Gasteiger partial charge >= 0.3 is 5.97 Å². The van der Waals surface area contributed by atoms with E-state index in [0.717, 1.165) is 11.1 Å². The van der Waals surface area contributed by atoms with Gasteiger partial charge in [-0.3, -0.25) is 14.6 Å². The Bertz CT molecular complexity index is 1220. The van der Waals surface area contributed by atoms with E-state index in [2.05, 4.69) is 20.0 Å². The van der Waals surface area contributed by atoms with Crippen LogP contribution in [0.25, 0.3) is 0 Å². The molecular formula is C23H23ClN4O10. The average molecular weight is 551 g/mol. The van der Waals surface area contributed by atoms with Gasteiger partial charge in [-0.25, -0.2) is 0 Å². The minimum absolute atomic E-state index is 0.0640. The third-order valence-corrected chi connectivity index (χ3v) is 6.48. The van der Waals surface area contributed by atoms with E-state index in [1.165, 1.54) is 0 Å². The Balaban J connectivity index is 1.33. The Hall–Kier alpha value is -4.04. The number of benzene rings is 1. The molecule has 0 unspecified atom stereocenters. The molecule has 1 aromatic carbocycles. The van der Waals surface area contributed by atoms with Gasteiger partial charge < -0.3 is 24.5 Å². The van der Waals surface area contributed by atoms with E-state index in [-0.39, 0.29) is 38.0 Å². The second-order valence-electron chi connectivity index (χ2n) is 8.79. The number of aryl methyl sites for hydroxylation is 1. The summed E-state index contributed by atoms with van der Waals surface area (Å²) in [5.41, 5.74) is 2.81. The number of fused-ring (bicyclic) bond motifs is 1. The minimum atomic E-state index is -1.21. The molecule has 1 aliphatic heterocycles. The Kier molecular flexibility index (Phi) is 8.22. The van der Waals surface area contributed by atoms with Gasteiger partial charge in [-0.05, 0) is 37.5 Å². The van der Waals surface area contributed by atoms with Crippen LogP contribution in [0.1, 0.15) is 54.2 Å². The van der Waals surface area contributed by atoms with Gasteiger partial charge in [0.2, 0.25) is 5.91 Å². The van der Waals surface area contributed by atoms with Crippen LogP contribution in [0.5, 0.6) is 5.75 Å². The van der Waals surface area contributed by atoms with Gasteiger partial charge in [0.25, 0.3) is 10.2 Å². The lowest BCUT2D eigenvalue weighted by molar-refractivity contribution is -0.797. The third-order valence-electron chi connectivity index (χ3n) is 6.23. The van der Waals surface area contributed by atoms with Crippen LogP contribution in [0.2, 0.25) is 5.02 Å². The van der Waals surface area contributed by atoms with Crippen molar-refractivity contribution < 1.29 is 38.9 Å². The maximum atomic E-state index is 12.6. The zero-order chi connectivity index (χ0) is 27.4. The quantitative estimate of drug-likeness (QED) is 0.261. The molecule has 0 radical (unpaired) electrons. The summed E-state index contributed by atoms with van der Waals surface area (Å²) in [5.74, 6) is -0.920. The molecule has 1 aromatic heterocycles. The number of aromatic nitrogens is 1. The van der Waals surface area contributed by atoms with Gasteiger partial charge in [0, 0.05) is 34.8 Å². The molecule has 1 fully saturated rings. The molecule has 202 valence electrons. The Labute approximate surface area is 220 Å². The number of amides is 1. The molecule has 4 rings (SSSR count). The van der Waals surface area contributed by atoms with Crippen molar-refractivity contribution in [3.8, 4) is 5.75 Å². The Morgan fingerprint density at radius 1 is 1.11 bits per heavy atom. The normalized spacial score (nSPS) is 21.8. The fourth-order valence-corrected chi connectivity index (χ4v) is 4.66. The highest BCUT2D eigenvalue weighted by atomic mass is 35.5. The smallest absolute Gasteiger partial charge is 0.311 e. The van der Waals surface area contributed by atoms with Crippen LogP contribution >= 0.6 is 11.6 Å². The van der Waals surface area contributed by atoms with Gasteiger partial charge in [-0.1, -0.05) is 23.7 Å². The summed E-state index contributed by atoms with van der Waals surface area (Å²) < 4.78 is 11.5. The summed E-state index contributed by atoms with van der Waals surface area (Å²) in [5, 5.41) is 22.3. The number of carbonyl (C=O) groups is 2. The summed E-state index contributed by atoms with van der Waals surface area (Å²) in [4.78, 5) is 59.4. The molecule has 2 heterocycles. The fraction of sp³-hybridized carbons (Fsp3) is 0.435. The minimum Gasteiger partial charge on any atom is -0.424 e. The van der Waals surface area contributed by atoms with Crippen molar-refractivity contribution in [1.29, 1.82) is 0 Å². The molecule has 38 heavy (non-hydrogen) atoms. The number of rotatable bonds is 10. The molecule has 4 atom stereocenters. The lowest BCUT2D eigenvalue weighted by Gasteiger charge is -2.14. The highest BCUT2D eigenvalue weighted by Crippen LogP contribution is 2.41. The number of halogens is 1. The van der Waals surface area contributed by atoms with Crippen molar-refractivity contribution >= 4 is 23.5 Å². The van der Waals surface area contributed by atoms with Crippen molar-refractivity contribution in [2.45, 2.75) is 63.6 Å². The monoisotopic (exact) mass is 550 g/mol. The van der Waals surface area contributed by atoms with E-state index in [1.54, 1.807) is 25.3 Å². The van der Waals surface area contributed by atoms with E-state index in [4.69, 9.17) is 21.1 Å². The predicted molar refractivity (Wildman–Crippen MR) is 127 cm³/mol. The van der Waals surface area contributed by atoms with Crippen molar-refractivity contribution in [3.05, 3.63) is 78.1 Å².